The van der Waals surface area contributed by atoms with E-state index < -0.39 is 61.9 Å². The molecule has 0 unspecified atom stereocenters. The molecule has 7 N–H and O–H groups in total. The van der Waals surface area contributed by atoms with Crippen LogP contribution in [0.25, 0.3) is 6.08 Å². The zero-order valence-corrected chi connectivity index (χ0v) is 17.9. The number of aromatic hydroxyl groups is 1. The van der Waals surface area contributed by atoms with Crippen LogP contribution >= 0.6 is 0 Å². The second-order valence-corrected chi connectivity index (χ2v) is 7.72. The number of aliphatic hydroxyl groups excluding tert-OH is 6. The van der Waals surface area contributed by atoms with E-state index in [4.69, 9.17) is 28.8 Å². The van der Waals surface area contributed by atoms with E-state index in [1.165, 1.54) is 13.2 Å². The number of benzene rings is 1. The maximum Gasteiger partial charge on any atom is 0.187 e. The van der Waals surface area contributed by atoms with Gasteiger partial charge in [-0.25, -0.2) is 0 Å². The normalized spacial score (nSPS) is 37.0. The molecule has 3 rings (SSSR count). The van der Waals surface area contributed by atoms with Gasteiger partial charge >= 0.3 is 0 Å². The summed E-state index contributed by atoms with van der Waals surface area (Å²) in [5.41, 5.74) is 0.721. The third kappa shape index (κ3) is 6.00. The first-order valence-corrected chi connectivity index (χ1v) is 10.4. The van der Waals surface area contributed by atoms with Gasteiger partial charge in [0.2, 0.25) is 0 Å². The van der Waals surface area contributed by atoms with Gasteiger partial charge in [0.25, 0.3) is 0 Å². The highest BCUT2D eigenvalue weighted by atomic mass is 16.7. The van der Waals surface area contributed by atoms with Crippen LogP contribution in [0.15, 0.2) is 24.3 Å². The lowest BCUT2D eigenvalue weighted by atomic mass is 9.99. The van der Waals surface area contributed by atoms with Crippen molar-refractivity contribution >= 4 is 6.08 Å². The van der Waals surface area contributed by atoms with Gasteiger partial charge in [0.1, 0.15) is 42.7 Å². The Balaban J connectivity index is 1.53. The van der Waals surface area contributed by atoms with Crippen molar-refractivity contribution in [2.45, 2.75) is 55.3 Å². The number of aliphatic hydroxyl groups is 6. The van der Waals surface area contributed by atoms with Crippen LogP contribution in [0, 0.1) is 0 Å². The highest BCUT2D eigenvalue weighted by molar-refractivity contribution is 5.55. The maximum absolute atomic E-state index is 10.2. The van der Waals surface area contributed by atoms with Crippen LogP contribution in [0.4, 0.5) is 0 Å². The van der Waals surface area contributed by atoms with Gasteiger partial charge in [-0.1, -0.05) is 18.2 Å². The predicted octanol–water partition coefficient (Wildman–Crippen LogP) is -2.31. The summed E-state index contributed by atoms with van der Waals surface area (Å²) in [7, 11) is 1.43. The minimum absolute atomic E-state index is 0.00217. The predicted molar refractivity (Wildman–Crippen MR) is 110 cm³/mol. The summed E-state index contributed by atoms with van der Waals surface area (Å²) in [5.74, 6) is 0.306. The van der Waals surface area contributed by atoms with Crippen LogP contribution in [-0.2, 0) is 18.9 Å². The molecule has 9 atom stereocenters. The Morgan fingerprint density at radius 1 is 0.879 bits per heavy atom. The third-order valence-corrected chi connectivity index (χ3v) is 5.46. The Hall–Kier alpha value is -1.84. The lowest BCUT2D eigenvalue weighted by Crippen LogP contribution is -2.59. The van der Waals surface area contributed by atoms with Crippen molar-refractivity contribution in [3.63, 3.8) is 0 Å². The van der Waals surface area contributed by atoms with E-state index in [1.807, 2.05) is 0 Å². The van der Waals surface area contributed by atoms with Crippen molar-refractivity contribution in [1.29, 1.82) is 0 Å². The Labute approximate surface area is 189 Å². The summed E-state index contributed by atoms with van der Waals surface area (Å²) in [5, 5.41) is 69.0. The Morgan fingerprint density at radius 2 is 1.52 bits per heavy atom. The molecule has 2 fully saturated rings. The van der Waals surface area contributed by atoms with E-state index in [2.05, 4.69) is 0 Å². The molecular weight excluding hydrogens is 444 g/mol. The number of rotatable bonds is 9. The van der Waals surface area contributed by atoms with Gasteiger partial charge < -0.3 is 59.4 Å². The summed E-state index contributed by atoms with van der Waals surface area (Å²) in [6.45, 7) is -0.900. The van der Waals surface area contributed by atoms with E-state index >= 15 is 0 Å². The quantitative estimate of drug-likeness (QED) is 0.203. The number of methoxy groups -OCH3 is 1. The highest BCUT2D eigenvalue weighted by Gasteiger charge is 2.47. The molecule has 2 saturated heterocycles. The Bertz CT molecular complexity index is 789. The minimum Gasteiger partial charge on any atom is -0.504 e. The number of hydrogen-bond acceptors (Lipinski definition) is 12. The molecule has 0 aromatic heterocycles. The van der Waals surface area contributed by atoms with Crippen molar-refractivity contribution < 1.29 is 59.4 Å². The van der Waals surface area contributed by atoms with Crippen LogP contribution in [0.2, 0.25) is 0 Å². The van der Waals surface area contributed by atoms with Gasteiger partial charge in [0.15, 0.2) is 24.1 Å². The second kappa shape index (κ2) is 11.5. The molecular formula is C21H30O12. The summed E-state index contributed by atoms with van der Waals surface area (Å²) in [4.78, 5) is 0. The highest BCUT2D eigenvalue weighted by Crippen LogP contribution is 2.28. The molecule has 0 saturated carbocycles. The van der Waals surface area contributed by atoms with Crippen LogP contribution in [-0.4, -0.2) is 118 Å². The minimum atomic E-state index is -1.59. The Kier molecular flexibility index (Phi) is 9.01. The van der Waals surface area contributed by atoms with Crippen LogP contribution < -0.4 is 4.74 Å². The molecule has 2 aliphatic heterocycles. The molecule has 2 heterocycles. The molecule has 186 valence electrons. The van der Waals surface area contributed by atoms with Crippen molar-refractivity contribution in [2.24, 2.45) is 0 Å². The van der Waals surface area contributed by atoms with Gasteiger partial charge in [-0.3, -0.25) is 0 Å². The van der Waals surface area contributed by atoms with Gasteiger partial charge in [0, 0.05) is 0 Å². The van der Waals surface area contributed by atoms with E-state index in [9.17, 15) is 30.6 Å². The van der Waals surface area contributed by atoms with Crippen LogP contribution in [0.3, 0.4) is 0 Å². The van der Waals surface area contributed by atoms with Crippen molar-refractivity contribution in [3.8, 4) is 11.5 Å². The molecule has 0 aliphatic carbocycles. The first-order valence-electron chi connectivity index (χ1n) is 10.4. The van der Waals surface area contributed by atoms with E-state index in [0.29, 0.717) is 5.75 Å². The van der Waals surface area contributed by atoms with Crippen molar-refractivity contribution in [2.75, 3.05) is 26.9 Å². The molecule has 0 amide bonds. The maximum atomic E-state index is 10.2. The summed E-state index contributed by atoms with van der Waals surface area (Å²) >= 11 is 0. The molecule has 0 radical (unpaired) electrons. The number of ether oxygens (including phenoxy) is 5. The van der Waals surface area contributed by atoms with Crippen molar-refractivity contribution in [3.05, 3.63) is 29.8 Å². The monoisotopic (exact) mass is 474 g/mol. The lowest BCUT2D eigenvalue weighted by molar-refractivity contribution is -0.307. The molecule has 0 spiro atoms. The van der Waals surface area contributed by atoms with Gasteiger partial charge in [-0.15, -0.1) is 0 Å². The summed E-state index contributed by atoms with van der Waals surface area (Å²) < 4.78 is 26.6. The lowest BCUT2D eigenvalue weighted by Gasteiger charge is -2.40. The smallest absolute Gasteiger partial charge is 0.187 e. The van der Waals surface area contributed by atoms with E-state index in [0.717, 1.165) is 5.56 Å². The molecule has 12 heteroatoms. The first-order chi connectivity index (χ1) is 15.8. The van der Waals surface area contributed by atoms with Crippen LogP contribution in [0.1, 0.15) is 5.56 Å². The van der Waals surface area contributed by atoms with E-state index in [-0.39, 0.29) is 19.0 Å². The number of phenols is 1. The standard InChI is InChI=1S/C21H30O12/c1-29-12-7-10(4-5-11(12)23)3-2-6-30-20-19(28)17(26)16(25)14(33-20)9-31-21-18(27)15(24)13(8-22)32-21/h2-5,7,13-28H,6,8-9H2,1H3/t13-,14+,15-,16+,17-,18+,19+,20+,21+/m0/s1. The molecule has 0 bridgehead atoms. The zero-order valence-electron chi connectivity index (χ0n) is 17.9. The van der Waals surface area contributed by atoms with Gasteiger partial charge in [-0.2, -0.15) is 0 Å². The fourth-order valence-electron chi connectivity index (χ4n) is 3.52. The Morgan fingerprint density at radius 3 is 2.18 bits per heavy atom. The molecule has 1 aromatic rings. The third-order valence-electron chi connectivity index (χ3n) is 5.46. The second-order valence-electron chi connectivity index (χ2n) is 7.72. The molecule has 2 aliphatic rings. The van der Waals surface area contributed by atoms with Crippen LogP contribution in [0.5, 0.6) is 11.5 Å². The number of hydrogen-bond donors (Lipinski definition) is 7. The largest absolute Gasteiger partial charge is 0.504 e. The SMILES string of the molecule is COc1cc(C=CCO[C@@H]2O[C@H](CO[C@@H]3O[C@@H](CO)[C@H](O)[C@H]3O)[C@@H](O)[C@H](O)[C@H]2O)ccc1O. The van der Waals surface area contributed by atoms with Gasteiger partial charge in [-0.05, 0) is 17.7 Å². The molecule has 33 heavy (non-hydrogen) atoms. The topological polar surface area (TPSA) is 188 Å². The first kappa shape index (κ1) is 25.8. The molecule has 1 aromatic carbocycles. The zero-order chi connectivity index (χ0) is 24.1. The average molecular weight is 474 g/mol. The fourth-order valence-corrected chi connectivity index (χ4v) is 3.52. The van der Waals surface area contributed by atoms with E-state index in [1.54, 1.807) is 24.3 Å². The number of phenolic OH excluding ortho intramolecular Hbond substituents is 1. The summed E-state index contributed by atoms with van der Waals surface area (Å²) in [6.07, 6.45) is -8.84. The summed E-state index contributed by atoms with van der Waals surface area (Å²) in [6, 6.07) is 4.75. The van der Waals surface area contributed by atoms with Crippen molar-refractivity contribution in [1.82, 2.24) is 0 Å². The fraction of sp³-hybridized carbons (Fsp3) is 0.619. The average Bonchev–Trinajstić information content (AvgIpc) is 3.09. The molecule has 12 nitrogen and oxygen atoms in total. The van der Waals surface area contributed by atoms with Gasteiger partial charge in [0.05, 0.1) is 26.9 Å².